The van der Waals surface area contributed by atoms with E-state index in [1.54, 1.807) is 24.3 Å². The van der Waals surface area contributed by atoms with Crippen molar-refractivity contribution in [3.8, 4) is 0 Å². The molecule has 0 spiro atoms. The topological polar surface area (TPSA) is 46.2 Å². The molecular formula is C20H17NO2. The fraction of sp³-hybridized carbons (Fsp3) is 0.100. The van der Waals surface area contributed by atoms with Crippen molar-refractivity contribution in [3.05, 3.63) is 77.9 Å². The summed E-state index contributed by atoms with van der Waals surface area (Å²) in [6.45, 7) is 1.49. The molecule has 0 unspecified atom stereocenters. The maximum atomic E-state index is 12.3. The maximum Gasteiger partial charge on any atom is 0.228 e. The van der Waals surface area contributed by atoms with Crippen LogP contribution >= 0.6 is 0 Å². The number of Topliss-reactive ketones (excluding diaryl/α,β-unsaturated/α-hetero) is 1. The van der Waals surface area contributed by atoms with Gasteiger partial charge in [-0.3, -0.25) is 9.59 Å². The number of carbonyl (C=O) groups is 2. The molecule has 1 N–H and O–H groups in total. The highest BCUT2D eigenvalue weighted by molar-refractivity contribution is 6.04. The van der Waals surface area contributed by atoms with E-state index >= 15 is 0 Å². The lowest BCUT2D eigenvalue weighted by atomic mass is 10.0. The smallest absolute Gasteiger partial charge is 0.228 e. The summed E-state index contributed by atoms with van der Waals surface area (Å²) in [6.07, 6.45) is 0.275. The molecule has 0 heterocycles. The first-order valence-corrected chi connectivity index (χ1v) is 7.51. The highest BCUT2D eigenvalue weighted by Gasteiger charge is 2.10. The number of fused-ring (bicyclic) bond motifs is 1. The second-order valence-electron chi connectivity index (χ2n) is 5.51. The molecule has 0 aliphatic heterocycles. The Morgan fingerprint density at radius 3 is 2.35 bits per heavy atom. The minimum atomic E-state index is -0.131. The molecule has 0 bridgehead atoms. The van der Waals surface area contributed by atoms with E-state index in [4.69, 9.17) is 0 Å². The Morgan fingerprint density at radius 2 is 1.57 bits per heavy atom. The van der Waals surface area contributed by atoms with E-state index in [0.717, 1.165) is 16.3 Å². The van der Waals surface area contributed by atoms with Gasteiger partial charge in [-0.15, -0.1) is 0 Å². The molecule has 0 aliphatic rings. The van der Waals surface area contributed by atoms with E-state index in [0.29, 0.717) is 11.3 Å². The molecule has 3 rings (SSSR count). The van der Waals surface area contributed by atoms with Gasteiger partial charge < -0.3 is 5.32 Å². The standard InChI is InChI=1S/C20H17NO2/c1-14(22)18-8-4-5-9-19(18)21-20(23)13-15-10-11-16-6-2-3-7-17(16)12-15/h2-12H,13H2,1H3,(H,21,23). The third-order valence-corrected chi connectivity index (χ3v) is 3.76. The van der Waals surface area contributed by atoms with Crippen LogP contribution in [0.2, 0.25) is 0 Å². The SMILES string of the molecule is CC(=O)c1ccccc1NC(=O)Cc1ccc2ccccc2c1. The quantitative estimate of drug-likeness (QED) is 0.733. The first kappa shape index (κ1) is 15.0. The first-order valence-electron chi connectivity index (χ1n) is 7.51. The van der Waals surface area contributed by atoms with E-state index < -0.39 is 0 Å². The molecule has 3 aromatic rings. The molecule has 0 fully saturated rings. The second kappa shape index (κ2) is 6.44. The normalized spacial score (nSPS) is 10.5. The lowest BCUT2D eigenvalue weighted by Gasteiger charge is -2.09. The molecule has 1 amide bonds. The summed E-state index contributed by atoms with van der Waals surface area (Å²) in [4.78, 5) is 23.9. The number of hydrogen-bond acceptors (Lipinski definition) is 2. The van der Waals surface area contributed by atoms with Crippen molar-refractivity contribution in [2.75, 3.05) is 5.32 Å². The highest BCUT2D eigenvalue weighted by atomic mass is 16.1. The number of para-hydroxylation sites is 1. The first-order chi connectivity index (χ1) is 11.1. The van der Waals surface area contributed by atoms with Crippen LogP contribution in [0.5, 0.6) is 0 Å². The van der Waals surface area contributed by atoms with E-state index in [1.807, 2.05) is 42.5 Å². The van der Waals surface area contributed by atoms with Gasteiger partial charge in [0.1, 0.15) is 0 Å². The minimum absolute atomic E-state index is 0.0633. The monoisotopic (exact) mass is 303 g/mol. The molecule has 23 heavy (non-hydrogen) atoms. The third-order valence-electron chi connectivity index (χ3n) is 3.76. The zero-order chi connectivity index (χ0) is 16.2. The van der Waals surface area contributed by atoms with Crippen LogP contribution in [-0.4, -0.2) is 11.7 Å². The summed E-state index contributed by atoms with van der Waals surface area (Å²) in [5.74, 6) is -0.194. The van der Waals surface area contributed by atoms with Crippen molar-refractivity contribution in [2.45, 2.75) is 13.3 Å². The van der Waals surface area contributed by atoms with Gasteiger partial charge in [0.15, 0.2) is 5.78 Å². The highest BCUT2D eigenvalue weighted by Crippen LogP contribution is 2.18. The van der Waals surface area contributed by atoms with Gasteiger partial charge in [0.25, 0.3) is 0 Å². The number of hydrogen-bond donors (Lipinski definition) is 1. The van der Waals surface area contributed by atoms with E-state index in [9.17, 15) is 9.59 Å². The Kier molecular flexibility index (Phi) is 4.20. The maximum absolute atomic E-state index is 12.3. The summed E-state index contributed by atoms with van der Waals surface area (Å²) in [6, 6.07) is 21.1. The second-order valence-corrected chi connectivity index (χ2v) is 5.51. The Bertz CT molecular complexity index is 883. The van der Waals surface area contributed by atoms with Gasteiger partial charge in [0, 0.05) is 5.56 Å². The van der Waals surface area contributed by atoms with Gasteiger partial charge in [0.2, 0.25) is 5.91 Å². The van der Waals surface area contributed by atoms with Gasteiger partial charge in [-0.2, -0.15) is 0 Å². The van der Waals surface area contributed by atoms with E-state index in [1.165, 1.54) is 6.92 Å². The van der Waals surface area contributed by atoms with Crippen LogP contribution in [0.1, 0.15) is 22.8 Å². The average Bonchev–Trinajstić information content (AvgIpc) is 2.55. The summed E-state index contributed by atoms with van der Waals surface area (Å²) in [7, 11) is 0. The van der Waals surface area contributed by atoms with Crippen LogP contribution in [0.25, 0.3) is 10.8 Å². The number of carbonyl (C=O) groups excluding carboxylic acids is 2. The minimum Gasteiger partial charge on any atom is -0.325 e. The zero-order valence-corrected chi connectivity index (χ0v) is 12.9. The largest absolute Gasteiger partial charge is 0.325 e. The summed E-state index contributed by atoms with van der Waals surface area (Å²) >= 11 is 0. The predicted octanol–water partition coefficient (Wildman–Crippen LogP) is 4.22. The number of rotatable bonds is 4. The Balaban J connectivity index is 1.77. The summed E-state index contributed by atoms with van der Waals surface area (Å²) in [5, 5.41) is 5.09. The van der Waals surface area contributed by atoms with Gasteiger partial charge >= 0.3 is 0 Å². The van der Waals surface area contributed by atoms with Gasteiger partial charge in [0.05, 0.1) is 12.1 Å². The summed E-state index contributed by atoms with van der Waals surface area (Å²) in [5.41, 5.74) is 2.03. The lowest BCUT2D eigenvalue weighted by molar-refractivity contribution is -0.115. The number of nitrogens with one attached hydrogen (secondary N) is 1. The van der Waals surface area contributed by atoms with Crippen molar-refractivity contribution in [2.24, 2.45) is 0 Å². The van der Waals surface area contributed by atoms with Crippen LogP contribution in [0.4, 0.5) is 5.69 Å². The van der Waals surface area contributed by atoms with E-state index in [2.05, 4.69) is 5.32 Å². The van der Waals surface area contributed by atoms with Crippen molar-refractivity contribution in [1.29, 1.82) is 0 Å². The van der Waals surface area contributed by atoms with Crippen molar-refractivity contribution >= 4 is 28.2 Å². The summed E-state index contributed by atoms with van der Waals surface area (Å²) < 4.78 is 0. The van der Waals surface area contributed by atoms with Crippen molar-refractivity contribution in [1.82, 2.24) is 0 Å². The van der Waals surface area contributed by atoms with Crippen LogP contribution in [-0.2, 0) is 11.2 Å². The third kappa shape index (κ3) is 3.46. The molecule has 0 aromatic heterocycles. The van der Waals surface area contributed by atoms with Crippen LogP contribution < -0.4 is 5.32 Å². The van der Waals surface area contributed by atoms with E-state index in [-0.39, 0.29) is 18.1 Å². The molecule has 3 aromatic carbocycles. The van der Waals surface area contributed by atoms with Gasteiger partial charge in [-0.05, 0) is 35.4 Å². The fourth-order valence-electron chi connectivity index (χ4n) is 2.63. The molecule has 3 heteroatoms. The number of anilines is 1. The average molecular weight is 303 g/mol. The lowest BCUT2D eigenvalue weighted by Crippen LogP contribution is -2.16. The number of amides is 1. The molecule has 114 valence electrons. The number of ketones is 1. The fourth-order valence-corrected chi connectivity index (χ4v) is 2.63. The van der Waals surface area contributed by atoms with Crippen molar-refractivity contribution in [3.63, 3.8) is 0 Å². The predicted molar refractivity (Wildman–Crippen MR) is 92.7 cm³/mol. The molecule has 0 atom stereocenters. The Morgan fingerprint density at radius 1 is 0.870 bits per heavy atom. The number of benzene rings is 3. The molecule has 0 saturated carbocycles. The van der Waals surface area contributed by atoms with Crippen molar-refractivity contribution < 1.29 is 9.59 Å². The molecule has 0 radical (unpaired) electrons. The van der Waals surface area contributed by atoms with Gasteiger partial charge in [-0.25, -0.2) is 0 Å². The van der Waals surface area contributed by atoms with Crippen LogP contribution in [0.3, 0.4) is 0 Å². The molecule has 0 aliphatic carbocycles. The van der Waals surface area contributed by atoms with Crippen LogP contribution in [0, 0.1) is 0 Å². The Labute approximate surface area is 135 Å². The van der Waals surface area contributed by atoms with Gasteiger partial charge in [-0.1, -0.05) is 54.6 Å². The van der Waals surface area contributed by atoms with Crippen LogP contribution in [0.15, 0.2) is 66.7 Å². The Hall–Kier alpha value is -2.94. The zero-order valence-electron chi connectivity index (χ0n) is 12.9. The molecule has 0 saturated heterocycles. The molecule has 3 nitrogen and oxygen atoms in total. The molecular weight excluding hydrogens is 286 g/mol.